The molecule has 0 aliphatic heterocycles. The summed E-state index contributed by atoms with van der Waals surface area (Å²) in [5, 5.41) is 10.1. The third-order valence-corrected chi connectivity index (χ3v) is 2.92. The molecule has 1 atom stereocenters. The van der Waals surface area contributed by atoms with Gasteiger partial charge in [0.25, 0.3) is 0 Å². The van der Waals surface area contributed by atoms with E-state index in [2.05, 4.69) is 9.97 Å². The number of methoxy groups -OCH3 is 1. The summed E-state index contributed by atoms with van der Waals surface area (Å²) in [6.07, 6.45) is 0.758. The first-order chi connectivity index (χ1) is 9.10. The molecule has 1 unspecified atom stereocenters. The van der Waals surface area contributed by atoms with E-state index in [-0.39, 0.29) is 11.4 Å². The molecule has 0 fully saturated rings. The Labute approximate surface area is 114 Å². The second kappa shape index (κ2) is 5.95. The van der Waals surface area contributed by atoms with Gasteiger partial charge in [-0.1, -0.05) is 17.7 Å². The molecule has 1 N–H and O–H groups in total. The van der Waals surface area contributed by atoms with Crippen LogP contribution in [0.4, 0.5) is 4.39 Å². The van der Waals surface area contributed by atoms with Crippen molar-refractivity contribution in [2.24, 2.45) is 0 Å². The van der Waals surface area contributed by atoms with Crippen molar-refractivity contribution in [3.63, 3.8) is 0 Å². The lowest BCUT2D eigenvalue weighted by Crippen LogP contribution is -2.05. The number of rotatable bonds is 4. The fraction of sp³-hybridized carbons (Fsp3) is 0.231. The summed E-state index contributed by atoms with van der Waals surface area (Å²) in [6.45, 7) is 0. The Bertz CT molecular complexity index is 580. The summed E-state index contributed by atoms with van der Waals surface area (Å²) in [5.41, 5.74) is 1.16. The van der Waals surface area contributed by atoms with Crippen LogP contribution in [0, 0.1) is 5.82 Å². The fourth-order valence-electron chi connectivity index (χ4n) is 1.64. The third-order valence-electron chi connectivity index (χ3n) is 2.63. The fourth-order valence-corrected chi connectivity index (χ4v) is 1.84. The molecule has 0 radical (unpaired) electrons. The summed E-state index contributed by atoms with van der Waals surface area (Å²) in [6, 6.07) is 5.88. The number of ether oxygens (including phenoxy) is 1. The molecular weight excluding hydrogens is 271 g/mol. The topological polar surface area (TPSA) is 55.2 Å². The minimum absolute atomic E-state index is 0.0324. The first-order valence-corrected chi connectivity index (χ1v) is 5.96. The smallest absolute Gasteiger partial charge is 0.216 e. The van der Waals surface area contributed by atoms with Gasteiger partial charge >= 0.3 is 0 Å². The zero-order chi connectivity index (χ0) is 13.8. The molecule has 0 spiro atoms. The van der Waals surface area contributed by atoms with Crippen molar-refractivity contribution in [3.8, 4) is 5.88 Å². The monoisotopic (exact) mass is 282 g/mol. The lowest BCUT2D eigenvalue weighted by molar-refractivity contribution is 0.172. The lowest BCUT2D eigenvalue weighted by Gasteiger charge is -2.11. The van der Waals surface area contributed by atoms with E-state index in [1.54, 1.807) is 12.1 Å². The Kier molecular flexibility index (Phi) is 4.29. The molecule has 4 nitrogen and oxygen atoms in total. The Balaban J connectivity index is 2.15. The van der Waals surface area contributed by atoms with E-state index in [1.807, 2.05) is 0 Å². The van der Waals surface area contributed by atoms with Crippen molar-refractivity contribution < 1.29 is 14.2 Å². The molecular formula is C13H12ClFN2O2. The molecule has 1 aromatic carbocycles. The summed E-state index contributed by atoms with van der Waals surface area (Å²) in [5.74, 6) is -0.107. The average Bonchev–Trinajstić information content (AvgIpc) is 2.43. The van der Waals surface area contributed by atoms with Crippen molar-refractivity contribution in [2.45, 2.75) is 12.5 Å². The van der Waals surface area contributed by atoms with Crippen LogP contribution < -0.4 is 4.74 Å². The minimum atomic E-state index is -0.835. The largest absolute Gasteiger partial charge is 0.481 e. The number of aliphatic hydroxyl groups excluding tert-OH is 1. The van der Waals surface area contributed by atoms with Crippen molar-refractivity contribution in [2.75, 3.05) is 7.11 Å². The molecule has 6 heteroatoms. The van der Waals surface area contributed by atoms with Gasteiger partial charge in [-0.05, 0) is 17.7 Å². The third kappa shape index (κ3) is 3.39. The molecule has 100 valence electrons. The van der Waals surface area contributed by atoms with E-state index in [1.165, 1.54) is 25.6 Å². The molecule has 2 rings (SSSR count). The lowest BCUT2D eigenvalue weighted by atomic mass is 10.1. The number of aromatic nitrogens is 2. The van der Waals surface area contributed by atoms with Crippen LogP contribution in [0.15, 0.2) is 30.6 Å². The molecule has 0 bridgehead atoms. The van der Waals surface area contributed by atoms with Gasteiger partial charge in [0.05, 0.1) is 17.8 Å². The highest BCUT2D eigenvalue weighted by molar-refractivity contribution is 6.30. The Morgan fingerprint density at radius 1 is 1.37 bits per heavy atom. The van der Waals surface area contributed by atoms with Crippen molar-refractivity contribution in [1.29, 1.82) is 0 Å². The van der Waals surface area contributed by atoms with Gasteiger partial charge in [0, 0.05) is 12.5 Å². The highest BCUT2D eigenvalue weighted by atomic mass is 35.5. The molecule has 0 saturated carbocycles. The number of halogens is 2. The van der Waals surface area contributed by atoms with Gasteiger partial charge in [-0.2, -0.15) is 0 Å². The highest BCUT2D eigenvalue weighted by Crippen LogP contribution is 2.22. The van der Waals surface area contributed by atoms with Gasteiger partial charge in [0.1, 0.15) is 18.2 Å². The second-order valence-corrected chi connectivity index (χ2v) is 4.36. The summed E-state index contributed by atoms with van der Waals surface area (Å²) < 4.78 is 18.0. The van der Waals surface area contributed by atoms with Gasteiger partial charge in [-0.15, -0.1) is 0 Å². The van der Waals surface area contributed by atoms with Gasteiger partial charge < -0.3 is 9.84 Å². The molecule has 0 amide bonds. The van der Waals surface area contributed by atoms with Crippen LogP contribution in [0.3, 0.4) is 0 Å². The standard InChI is InChI=1S/C13H12ClFN2O2/c1-19-13-6-11(16-7-17-13)12(18)5-8-2-3-10(15)9(14)4-8/h2-4,6-7,12,18H,5H2,1H3. The van der Waals surface area contributed by atoms with Crippen molar-refractivity contribution >= 4 is 11.6 Å². The van der Waals surface area contributed by atoms with Gasteiger partial charge in [0.15, 0.2) is 0 Å². The molecule has 0 saturated heterocycles. The van der Waals surface area contributed by atoms with Crippen LogP contribution in [-0.4, -0.2) is 22.2 Å². The molecule has 19 heavy (non-hydrogen) atoms. The molecule has 0 aliphatic rings. The van der Waals surface area contributed by atoms with Crippen molar-refractivity contribution in [1.82, 2.24) is 9.97 Å². The van der Waals surface area contributed by atoms with Crippen LogP contribution in [0.25, 0.3) is 0 Å². The highest BCUT2D eigenvalue weighted by Gasteiger charge is 2.12. The summed E-state index contributed by atoms with van der Waals surface area (Å²) in [4.78, 5) is 7.83. The Morgan fingerprint density at radius 3 is 2.84 bits per heavy atom. The zero-order valence-corrected chi connectivity index (χ0v) is 10.9. The maximum Gasteiger partial charge on any atom is 0.216 e. The number of aliphatic hydroxyl groups is 1. The number of hydrogen-bond acceptors (Lipinski definition) is 4. The summed E-state index contributed by atoms with van der Waals surface area (Å²) in [7, 11) is 1.48. The quantitative estimate of drug-likeness (QED) is 0.936. The van der Waals surface area contributed by atoms with Crippen LogP contribution in [0.2, 0.25) is 5.02 Å². The van der Waals surface area contributed by atoms with E-state index >= 15 is 0 Å². The Morgan fingerprint density at radius 2 is 2.16 bits per heavy atom. The summed E-state index contributed by atoms with van der Waals surface area (Å²) >= 11 is 5.69. The molecule has 0 aliphatic carbocycles. The zero-order valence-electron chi connectivity index (χ0n) is 10.2. The SMILES string of the molecule is COc1cc(C(O)Cc2ccc(F)c(Cl)c2)ncn1. The number of benzene rings is 1. The first-order valence-electron chi connectivity index (χ1n) is 5.58. The predicted octanol–water partition coefficient (Wildman–Crippen LogP) is 2.55. The average molecular weight is 283 g/mol. The first kappa shape index (κ1) is 13.7. The van der Waals surface area contributed by atoms with E-state index in [9.17, 15) is 9.50 Å². The minimum Gasteiger partial charge on any atom is -0.481 e. The van der Waals surface area contributed by atoms with Gasteiger partial charge in [-0.3, -0.25) is 0 Å². The Hall–Kier alpha value is -1.72. The maximum absolute atomic E-state index is 13.0. The molecule has 1 heterocycles. The van der Waals surface area contributed by atoms with Gasteiger partial charge in [0.2, 0.25) is 5.88 Å². The van der Waals surface area contributed by atoms with Crippen LogP contribution in [-0.2, 0) is 6.42 Å². The number of nitrogens with zero attached hydrogens (tertiary/aromatic N) is 2. The van der Waals surface area contributed by atoms with E-state index in [0.29, 0.717) is 11.6 Å². The normalized spacial score (nSPS) is 12.2. The van der Waals surface area contributed by atoms with E-state index in [4.69, 9.17) is 16.3 Å². The molecule has 1 aromatic heterocycles. The van der Waals surface area contributed by atoms with Crippen LogP contribution >= 0.6 is 11.6 Å². The maximum atomic E-state index is 13.0. The van der Waals surface area contributed by atoms with Crippen LogP contribution in [0.1, 0.15) is 17.4 Å². The molecule has 2 aromatic rings. The van der Waals surface area contributed by atoms with Crippen LogP contribution in [0.5, 0.6) is 5.88 Å². The van der Waals surface area contributed by atoms with E-state index < -0.39 is 11.9 Å². The van der Waals surface area contributed by atoms with Crippen molar-refractivity contribution in [3.05, 3.63) is 52.7 Å². The predicted molar refractivity (Wildman–Crippen MR) is 68.7 cm³/mol. The van der Waals surface area contributed by atoms with Gasteiger partial charge in [-0.25, -0.2) is 14.4 Å². The second-order valence-electron chi connectivity index (χ2n) is 3.95. The van der Waals surface area contributed by atoms with E-state index in [0.717, 1.165) is 5.56 Å². The number of hydrogen-bond donors (Lipinski definition) is 1.